The van der Waals surface area contributed by atoms with Gasteiger partial charge in [-0.3, -0.25) is 9.89 Å². The summed E-state index contributed by atoms with van der Waals surface area (Å²) in [5.41, 5.74) is 3.31. The number of nitrogens with zero attached hydrogens (tertiary/aromatic N) is 1. The van der Waals surface area contributed by atoms with Crippen LogP contribution in [-0.4, -0.2) is 22.6 Å². The normalized spacial score (nSPS) is 10.1. The Balaban J connectivity index is 2.49. The van der Waals surface area contributed by atoms with E-state index in [0.717, 1.165) is 17.8 Å². The van der Waals surface area contributed by atoms with Crippen molar-refractivity contribution in [3.8, 4) is 0 Å². The minimum Gasteiger partial charge on any atom is -0.356 e. The first-order valence-electron chi connectivity index (χ1n) is 4.36. The molecular formula is C9H15N3O. The Morgan fingerprint density at radius 1 is 1.54 bits per heavy atom. The SMILES string of the molecule is CC(=O)NCCc1c(C)n[nH]c1C. The molecular weight excluding hydrogens is 166 g/mol. The number of aryl methyl sites for hydroxylation is 2. The molecule has 0 saturated heterocycles. The van der Waals surface area contributed by atoms with Gasteiger partial charge in [-0.1, -0.05) is 0 Å². The molecule has 2 N–H and O–H groups in total. The molecule has 0 saturated carbocycles. The van der Waals surface area contributed by atoms with Crippen LogP contribution in [0.2, 0.25) is 0 Å². The molecule has 4 nitrogen and oxygen atoms in total. The molecule has 0 fully saturated rings. The van der Waals surface area contributed by atoms with Crippen molar-refractivity contribution in [3.05, 3.63) is 17.0 Å². The van der Waals surface area contributed by atoms with Crippen molar-refractivity contribution in [2.45, 2.75) is 27.2 Å². The Morgan fingerprint density at radius 3 is 2.69 bits per heavy atom. The quantitative estimate of drug-likeness (QED) is 0.721. The number of carbonyl (C=O) groups excluding carboxylic acids is 1. The van der Waals surface area contributed by atoms with Gasteiger partial charge in [-0.15, -0.1) is 0 Å². The van der Waals surface area contributed by atoms with E-state index in [9.17, 15) is 4.79 Å². The van der Waals surface area contributed by atoms with E-state index in [0.29, 0.717) is 6.54 Å². The van der Waals surface area contributed by atoms with Gasteiger partial charge in [-0.2, -0.15) is 5.10 Å². The van der Waals surface area contributed by atoms with Crippen LogP contribution in [0.3, 0.4) is 0 Å². The summed E-state index contributed by atoms with van der Waals surface area (Å²) < 4.78 is 0. The molecule has 0 unspecified atom stereocenters. The number of hydrogen-bond donors (Lipinski definition) is 2. The van der Waals surface area contributed by atoms with Crippen LogP contribution in [0, 0.1) is 13.8 Å². The van der Waals surface area contributed by atoms with Gasteiger partial charge in [-0.05, 0) is 25.8 Å². The number of nitrogens with one attached hydrogen (secondary N) is 2. The number of rotatable bonds is 3. The third-order valence-corrected chi connectivity index (χ3v) is 2.03. The molecule has 1 aromatic rings. The van der Waals surface area contributed by atoms with Gasteiger partial charge >= 0.3 is 0 Å². The van der Waals surface area contributed by atoms with Gasteiger partial charge < -0.3 is 5.32 Å². The summed E-state index contributed by atoms with van der Waals surface area (Å²) in [6, 6.07) is 0. The van der Waals surface area contributed by atoms with E-state index in [1.54, 1.807) is 0 Å². The Hall–Kier alpha value is -1.32. The highest BCUT2D eigenvalue weighted by Gasteiger charge is 2.05. The lowest BCUT2D eigenvalue weighted by molar-refractivity contribution is -0.118. The zero-order chi connectivity index (χ0) is 9.84. The number of amides is 1. The lowest BCUT2D eigenvalue weighted by Crippen LogP contribution is -2.22. The first-order valence-corrected chi connectivity index (χ1v) is 4.36. The van der Waals surface area contributed by atoms with Gasteiger partial charge in [-0.25, -0.2) is 0 Å². The molecule has 0 atom stereocenters. The Morgan fingerprint density at radius 2 is 2.23 bits per heavy atom. The van der Waals surface area contributed by atoms with Gasteiger partial charge in [0.25, 0.3) is 0 Å². The molecule has 0 bridgehead atoms. The molecule has 72 valence electrons. The molecule has 0 aliphatic rings. The molecule has 4 heteroatoms. The minimum absolute atomic E-state index is 0.0128. The Labute approximate surface area is 77.7 Å². The van der Waals surface area contributed by atoms with Crippen LogP contribution in [0.4, 0.5) is 0 Å². The second-order valence-corrected chi connectivity index (χ2v) is 3.15. The summed E-state index contributed by atoms with van der Waals surface area (Å²) in [5.74, 6) is 0.0128. The number of aromatic amines is 1. The first-order chi connectivity index (χ1) is 6.11. The molecule has 0 radical (unpaired) electrons. The lowest BCUT2D eigenvalue weighted by Gasteiger charge is -2.01. The van der Waals surface area contributed by atoms with Gasteiger partial charge in [0.15, 0.2) is 0 Å². The predicted molar refractivity (Wildman–Crippen MR) is 50.4 cm³/mol. The third-order valence-electron chi connectivity index (χ3n) is 2.03. The van der Waals surface area contributed by atoms with Crippen LogP contribution in [0.25, 0.3) is 0 Å². The number of aromatic nitrogens is 2. The highest BCUT2D eigenvalue weighted by Crippen LogP contribution is 2.08. The summed E-state index contributed by atoms with van der Waals surface area (Å²) >= 11 is 0. The van der Waals surface area contributed by atoms with Crippen molar-refractivity contribution in [2.24, 2.45) is 0 Å². The average Bonchev–Trinajstić information content (AvgIpc) is 2.34. The lowest BCUT2D eigenvalue weighted by atomic mass is 10.1. The van der Waals surface area contributed by atoms with Gasteiger partial charge in [0.2, 0.25) is 5.91 Å². The third kappa shape index (κ3) is 2.57. The van der Waals surface area contributed by atoms with Crippen molar-refractivity contribution in [1.82, 2.24) is 15.5 Å². The zero-order valence-corrected chi connectivity index (χ0v) is 8.27. The highest BCUT2D eigenvalue weighted by atomic mass is 16.1. The highest BCUT2D eigenvalue weighted by molar-refractivity contribution is 5.72. The molecule has 13 heavy (non-hydrogen) atoms. The molecule has 0 aliphatic carbocycles. The van der Waals surface area contributed by atoms with Crippen LogP contribution < -0.4 is 5.32 Å². The molecule has 1 rings (SSSR count). The van der Waals surface area contributed by atoms with E-state index in [1.807, 2.05) is 13.8 Å². The first kappa shape index (κ1) is 9.77. The second-order valence-electron chi connectivity index (χ2n) is 3.15. The summed E-state index contributed by atoms with van der Waals surface area (Å²) in [6.07, 6.45) is 0.841. The van der Waals surface area contributed by atoms with Crippen LogP contribution in [-0.2, 0) is 11.2 Å². The summed E-state index contributed by atoms with van der Waals surface area (Å²) in [6.45, 7) is 6.15. The van der Waals surface area contributed by atoms with Crippen molar-refractivity contribution in [3.63, 3.8) is 0 Å². The summed E-state index contributed by atoms with van der Waals surface area (Å²) in [7, 11) is 0. The maximum absolute atomic E-state index is 10.6. The van der Waals surface area contributed by atoms with E-state index in [4.69, 9.17) is 0 Å². The molecule has 1 heterocycles. The molecule has 1 aromatic heterocycles. The van der Waals surface area contributed by atoms with Gasteiger partial charge in [0.05, 0.1) is 5.69 Å². The van der Waals surface area contributed by atoms with Crippen molar-refractivity contribution >= 4 is 5.91 Å². The molecule has 0 spiro atoms. The zero-order valence-electron chi connectivity index (χ0n) is 8.27. The van der Waals surface area contributed by atoms with E-state index in [1.165, 1.54) is 12.5 Å². The van der Waals surface area contributed by atoms with Gasteiger partial charge in [0, 0.05) is 19.2 Å². The fourth-order valence-electron chi connectivity index (χ4n) is 1.31. The summed E-state index contributed by atoms with van der Waals surface area (Å²) in [5, 5.41) is 9.75. The number of H-pyrrole nitrogens is 1. The standard InChI is InChI=1S/C9H15N3O/c1-6-9(7(2)12-11-6)4-5-10-8(3)13/h4-5H2,1-3H3,(H,10,13)(H,11,12). The van der Waals surface area contributed by atoms with Crippen LogP contribution in [0.1, 0.15) is 23.9 Å². The fraction of sp³-hybridized carbons (Fsp3) is 0.556. The van der Waals surface area contributed by atoms with E-state index in [-0.39, 0.29) is 5.91 Å². The number of carbonyl (C=O) groups is 1. The average molecular weight is 181 g/mol. The largest absolute Gasteiger partial charge is 0.356 e. The minimum atomic E-state index is 0.0128. The topological polar surface area (TPSA) is 57.8 Å². The smallest absolute Gasteiger partial charge is 0.216 e. The Kier molecular flexibility index (Phi) is 3.06. The fourth-order valence-corrected chi connectivity index (χ4v) is 1.31. The predicted octanol–water partition coefficient (Wildman–Crippen LogP) is 0.705. The molecule has 0 aromatic carbocycles. The monoisotopic (exact) mass is 181 g/mol. The molecule has 0 aliphatic heterocycles. The maximum atomic E-state index is 10.6. The van der Waals surface area contributed by atoms with Crippen LogP contribution in [0.5, 0.6) is 0 Å². The van der Waals surface area contributed by atoms with E-state index >= 15 is 0 Å². The Bertz CT molecular complexity index is 284. The van der Waals surface area contributed by atoms with Crippen LogP contribution >= 0.6 is 0 Å². The van der Waals surface area contributed by atoms with Crippen LogP contribution in [0.15, 0.2) is 0 Å². The number of hydrogen-bond acceptors (Lipinski definition) is 2. The van der Waals surface area contributed by atoms with Crippen molar-refractivity contribution in [2.75, 3.05) is 6.54 Å². The van der Waals surface area contributed by atoms with E-state index < -0.39 is 0 Å². The van der Waals surface area contributed by atoms with Crippen molar-refractivity contribution in [1.29, 1.82) is 0 Å². The second kappa shape index (κ2) is 4.07. The molecule has 1 amide bonds. The van der Waals surface area contributed by atoms with Crippen molar-refractivity contribution < 1.29 is 4.79 Å². The maximum Gasteiger partial charge on any atom is 0.216 e. The van der Waals surface area contributed by atoms with Gasteiger partial charge in [0.1, 0.15) is 0 Å². The summed E-state index contributed by atoms with van der Waals surface area (Å²) in [4.78, 5) is 10.6. The van der Waals surface area contributed by atoms with E-state index in [2.05, 4.69) is 15.5 Å².